The Bertz CT molecular complexity index is 2720. The number of benzene rings is 7. The molecule has 0 saturated heterocycles. The van der Waals surface area contributed by atoms with E-state index in [2.05, 4.69) is 121 Å². The number of aromatic nitrogens is 2. The molecule has 1 spiro atoms. The van der Waals surface area contributed by atoms with Crippen molar-refractivity contribution in [3.8, 4) is 67.7 Å². The average Bonchev–Trinajstić information content (AvgIpc) is 3.51. The van der Waals surface area contributed by atoms with Crippen LogP contribution >= 0.6 is 0 Å². The first-order valence-electron chi connectivity index (χ1n) is 17.8. The third-order valence-corrected chi connectivity index (χ3v) is 10.8. The van der Waals surface area contributed by atoms with Gasteiger partial charge in [0, 0.05) is 33.4 Å². The fourth-order valence-electron chi connectivity index (χ4n) is 8.35. The van der Waals surface area contributed by atoms with E-state index < -0.39 is 5.41 Å². The molecule has 8 aromatic rings. The van der Waals surface area contributed by atoms with Gasteiger partial charge in [0.1, 0.15) is 11.5 Å². The van der Waals surface area contributed by atoms with Gasteiger partial charge in [-0.3, -0.25) is 0 Å². The minimum Gasteiger partial charge on any atom is -0.457 e. The molecule has 4 heteroatoms. The molecule has 0 N–H and O–H groups in total. The van der Waals surface area contributed by atoms with E-state index in [4.69, 9.17) is 21.3 Å². The Balaban J connectivity index is 1.26. The molecule has 53 heavy (non-hydrogen) atoms. The zero-order valence-corrected chi connectivity index (χ0v) is 28.9. The van der Waals surface area contributed by atoms with Crippen LogP contribution in [0, 0.1) is 13.5 Å². The summed E-state index contributed by atoms with van der Waals surface area (Å²) in [5.74, 6) is 2.38. The summed E-state index contributed by atoms with van der Waals surface area (Å²) < 4.78 is 6.65. The molecular formula is C49H31N3O. The summed E-state index contributed by atoms with van der Waals surface area (Å²) >= 11 is 0. The Morgan fingerprint density at radius 2 is 0.962 bits per heavy atom. The van der Waals surface area contributed by atoms with E-state index in [0.29, 0.717) is 11.5 Å². The molecular weight excluding hydrogens is 647 g/mol. The van der Waals surface area contributed by atoms with Crippen LogP contribution in [0.3, 0.4) is 0 Å². The van der Waals surface area contributed by atoms with Crippen molar-refractivity contribution in [2.75, 3.05) is 0 Å². The molecule has 0 saturated carbocycles. The summed E-state index contributed by atoms with van der Waals surface area (Å²) in [5.41, 5.74) is 15.0. The van der Waals surface area contributed by atoms with Gasteiger partial charge in [-0.05, 0) is 64.6 Å². The summed E-state index contributed by atoms with van der Waals surface area (Å²) in [5, 5.41) is 0. The molecule has 10 rings (SSSR count). The molecule has 1 aromatic heterocycles. The van der Waals surface area contributed by atoms with Crippen molar-refractivity contribution in [2.24, 2.45) is 0 Å². The molecule has 2 aliphatic rings. The Hall–Kier alpha value is -7.09. The van der Waals surface area contributed by atoms with Crippen molar-refractivity contribution in [3.05, 3.63) is 209 Å². The second kappa shape index (κ2) is 12.0. The highest BCUT2D eigenvalue weighted by Crippen LogP contribution is 2.62. The Morgan fingerprint density at radius 3 is 1.57 bits per heavy atom. The van der Waals surface area contributed by atoms with Crippen molar-refractivity contribution in [1.82, 2.24) is 9.97 Å². The molecule has 248 valence electrons. The van der Waals surface area contributed by atoms with Gasteiger partial charge in [0.05, 0.1) is 23.4 Å². The number of nitrogens with zero attached hydrogens (tertiary/aromatic N) is 3. The first kappa shape index (κ1) is 30.7. The van der Waals surface area contributed by atoms with E-state index in [1.807, 2.05) is 60.7 Å². The first-order chi connectivity index (χ1) is 26.1. The topological polar surface area (TPSA) is 39.4 Å². The Kier molecular flexibility index (Phi) is 6.96. The molecule has 0 amide bonds. The lowest BCUT2D eigenvalue weighted by Gasteiger charge is -2.39. The second-order valence-electron chi connectivity index (χ2n) is 13.6. The maximum Gasteiger partial charge on any atom is 0.187 e. The molecule has 0 bridgehead atoms. The van der Waals surface area contributed by atoms with Gasteiger partial charge in [-0.15, -0.1) is 0 Å². The van der Waals surface area contributed by atoms with Gasteiger partial charge in [-0.2, -0.15) is 0 Å². The standard InChI is InChI=1S/C49H31N3O/c1-31-46(33-13-5-3-6-14-33)51-48(34-15-7-4-8-16-34)52-47(31)36-24-28-39-38-27-23-35(32-21-25-37(50-2)26-22-32)29-42(38)49(43(39)30-36)40-17-9-11-19-44(40)53-45-20-12-10-18-41(45)49/h3-30H,1H3. The quantitative estimate of drug-likeness (QED) is 0.174. The molecule has 2 heterocycles. The smallest absolute Gasteiger partial charge is 0.187 e. The van der Waals surface area contributed by atoms with E-state index in [1.165, 1.54) is 22.3 Å². The molecule has 0 unspecified atom stereocenters. The summed E-state index contributed by atoms with van der Waals surface area (Å²) in [6.45, 7) is 9.60. The van der Waals surface area contributed by atoms with Crippen LogP contribution in [0.2, 0.25) is 0 Å². The lowest BCUT2D eigenvalue weighted by atomic mass is 9.65. The van der Waals surface area contributed by atoms with Gasteiger partial charge in [0.2, 0.25) is 0 Å². The first-order valence-corrected chi connectivity index (χ1v) is 17.8. The van der Waals surface area contributed by atoms with Crippen LogP contribution in [0.25, 0.3) is 61.0 Å². The summed E-state index contributed by atoms with van der Waals surface area (Å²) in [4.78, 5) is 14.1. The lowest BCUT2D eigenvalue weighted by Crippen LogP contribution is -2.32. The Labute approximate surface area is 308 Å². The van der Waals surface area contributed by atoms with Crippen LogP contribution in [0.4, 0.5) is 5.69 Å². The number of para-hydroxylation sites is 2. The van der Waals surface area contributed by atoms with Crippen LogP contribution in [0.15, 0.2) is 170 Å². The van der Waals surface area contributed by atoms with Gasteiger partial charge in [0.15, 0.2) is 11.5 Å². The largest absolute Gasteiger partial charge is 0.457 e. The summed E-state index contributed by atoms with van der Waals surface area (Å²) in [7, 11) is 0. The fraction of sp³-hybridized carbons (Fsp3) is 0.0408. The van der Waals surface area contributed by atoms with E-state index in [-0.39, 0.29) is 0 Å². The normalized spacial score (nSPS) is 12.9. The van der Waals surface area contributed by atoms with Crippen molar-refractivity contribution < 1.29 is 4.74 Å². The highest BCUT2D eigenvalue weighted by atomic mass is 16.5. The van der Waals surface area contributed by atoms with E-state index in [1.54, 1.807) is 0 Å². The van der Waals surface area contributed by atoms with Crippen molar-refractivity contribution >= 4 is 5.69 Å². The van der Waals surface area contributed by atoms with Crippen molar-refractivity contribution in [2.45, 2.75) is 12.3 Å². The third-order valence-electron chi connectivity index (χ3n) is 10.8. The van der Waals surface area contributed by atoms with Crippen molar-refractivity contribution in [1.29, 1.82) is 0 Å². The highest BCUT2D eigenvalue weighted by molar-refractivity contribution is 5.92. The van der Waals surface area contributed by atoms with E-state index in [0.717, 1.165) is 67.4 Å². The molecule has 4 nitrogen and oxygen atoms in total. The minimum absolute atomic E-state index is 0.629. The number of ether oxygens (including phenoxy) is 1. The Morgan fingerprint density at radius 1 is 0.472 bits per heavy atom. The zero-order chi connectivity index (χ0) is 35.5. The van der Waals surface area contributed by atoms with E-state index in [9.17, 15) is 0 Å². The van der Waals surface area contributed by atoms with Gasteiger partial charge in [-0.25, -0.2) is 14.8 Å². The fourth-order valence-corrected chi connectivity index (χ4v) is 8.35. The SMILES string of the molecule is [C-]#[N+]c1ccc(-c2ccc3c(c2)C2(c4ccccc4Oc4ccccc42)c2cc(-c4nc(-c5ccccc5)nc(-c5ccccc5)c4C)ccc2-3)cc1. The number of rotatable bonds is 4. The van der Waals surface area contributed by atoms with Crippen molar-refractivity contribution in [3.63, 3.8) is 0 Å². The second-order valence-corrected chi connectivity index (χ2v) is 13.6. The predicted octanol–water partition coefficient (Wildman–Crippen LogP) is 12.5. The third kappa shape index (κ3) is 4.68. The van der Waals surface area contributed by atoms with Gasteiger partial charge in [-0.1, -0.05) is 146 Å². The summed E-state index contributed by atoms with van der Waals surface area (Å²) in [6, 6.07) is 59.0. The molecule has 1 aliphatic carbocycles. The van der Waals surface area contributed by atoms with E-state index >= 15 is 0 Å². The number of fused-ring (bicyclic) bond motifs is 9. The molecule has 1 aliphatic heterocycles. The van der Waals surface area contributed by atoms with Crippen LogP contribution < -0.4 is 4.74 Å². The molecule has 0 atom stereocenters. The van der Waals surface area contributed by atoms with Crippen LogP contribution in [-0.2, 0) is 5.41 Å². The monoisotopic (exact) mass is 677 g/mol. The minimum atomic E-state index is -0.663. The van der Waals surface area contributed by atoms with Crippen LogP contribution in [-0.4, -0.2) is 9.97 Å². The van der Waals surface area contributed by atoms with Crippen LogP contribution in [0.5, 0.6) is 11.5 Å². The average molecular weight is 678 g/mol. The maximum atomic E-state index is 7.47. The number of hydrogen-bond donors (Lipinski definition) is 0. The zero-order valence-electron chi connectivity index (χ0n) is 28.9. The maximum absolute atomic E-state index is 7.47. The number of hydrogen-bond acceptors (Lipinski definition) is 3. The van der Waals surface area contributed by atoms with Gasteiger partial charge in [0.25, 0.3) is 0 Å². The van der Waals surface area contributed by atoms with Crippen LogP contribution in [0.1, 0.15) is 27.8 Å². The highest BCUT2D eigenvalue weighted by Gasteiger charge is 2.51. The summed E-state index contributed by atoms with van der Waals surface area (Å²) in [6.07, 6.45) is 0. The molecule has 0 radical (unpaired) electrons. The molecule has 7 aromatic carbocycles. The predicted molar refractivity (Wildman–Crippen MR) is 212 cm³/mol. The molecule has 0 fully saturated rings. The lowest BCUT2D eigenvalue weighted by molar-refractivity contribution is 0.436. The van der Waals surface area contributed by atoms with Gasteiger partial charge < -0.3 is 4.74 Å². The van der Waals surface area contributed by atoms with Gasteiger partial charge >= 0.3 is 0 Å².